The van der Waals surface area contributed by atoms with Gasteiger partial charge in [-0.05, 0) is 44.5 Å². The number of hydrogen-bond acceptors (Lipinski definition) is 3. The smallest absolute Gasteiger partial charge is 0.237 e. The summed E-state index contributed by atoms with van der Waals surface area (Å²) in [6, 6.07) is 5.78. The summed E-state index contributed by atoms with van der Waals surface area (Å²) < 4.78 is 5.43. The van der Waals surface area contributed by atoms with Crippen molar-refractivity contribution in [1.29, 1.82) is 0 Å². The zero-order valence-corrected chi connectivity index (χ0v) is 13.5. The number of aryl methyl sites for hydroxylation is 1. The summed E-state index contributed by atoms with van der Waals surface area (Å²) >= 11 is 6.09. The number of amides is 1. The molecule has 1 unspecified atom stereocenters. The number of halogens is 1. The molecule has 5 heteroatoms. The average Bonchev–Trinajstić information content (AvgIpc) is 2.48. The van der Waals surface area contributed by atoms with Crippen LogP contribution in [0.25, 0.3) is 0 Å². The topological polar surface area (TPSA) is 32.8 Å². The molecule has 4 nitrogen and oxygen atoms in total. The van der Waals surface area contributed by atoms with E-state index in [0.717, 1.165) is 42.6 Å². The monoisotopic (exact) mass is 308 g/mol. The lowest BCUT2D eigenvalue weighted by molar-refractivity contribution is -0.147. The minimum atomic E-state index is -0.356. The van der Waals surface area contributed by atoms with Crippen molar-refractivity contribution < 1.29 is 9.53 Å². The van der Waals surface area contributed by atoms with E-state index in [4.69, 9.17) is 16.3 Å². The Kier molecular flexibility index (Phi) is 3.72. The van der Waals surface area contributed by atoms with Crippen molar-refractivity contribution in [1.82, 2.24) is 4.90 Å². The number of hydrogen-bond donors (Lipinski definition) is 0. The molecule has 2 heterocycles. The Bertz CT molecular complexity index is 567. The number of rotatable bonds is 2. The van der Waals surface area contributed by atoms with Gasteiger partial charge in [0.1, 0.15) is 6.17 Å². The van der Waals surface area contributed by atoms with Gasteiger partial charge in [0.2, 0.25) is 5.91 Å². The zero-order chi connectivity index (χ0) is 15.2. The van der Waals surface area contributed by atoms with Gasteiger partial charge in [-0.2, -0.15) is 0 Å². The molecule has 3 rings (SSSR count). The molecule has 1 aromatic rings. The van der Waals surface area contributed by atoms with Crippen molar-refractivity contribution in [3.05, 3.63) is 28.8 Å². The van der Waals surface area contributed by atoms with Gasteiger partial charge in [0, 0.05) is 23.8 Å². The predicted octanol–water partition coefficient (Wildman–Crippen LogP) is 2.68. The third-order valence-electron chi connectivity index (χ3n) is 4.47. The minimum absolute atomic E-state index is 0.0921. The molecule has 114 valence electrons. The molecule has 1 amide bonds. The molecule has 2 fully saturated rings. The van der Waals surface area contributed by atoms with Crippen LogP contribution in [0.1, 0.15) is 19.4 Å². The van der Waals surface area contributed by atoms with Crippen LogP contribution in [0.5, 0.6) is 0 Å². The first kappa shape index (κ1) is 14.8. The number of β-lactam (4-membered cyclic amide) rings is 1. The largest absolute Gasteiger partial charge is 0.379 e. The summed E-state index contributed by atoms with van der Waals surface area (Å²) in [5.74, 6) is 0.167. The van der Waals surface area contributed by atoms with Crippen molar-refractivity contribution in [3.63, 3.8) is 0 Å². The Morgan fingerprint density at radius 2 is 1.95 bits per heavy atom. The molecule has 1 atom stereocenters. The maximum Gasteiger partial charge on any atom is 0.237 e. The van der Waals surface area contributed by atoms with Gasteiger partial charge < -0.3 is 4.74 Å². The second-order valence-corrected chi connectivity index (χ2v) is 6.76. The number of carbonyl (C=O) groups is 1. The van der Waals surface area contributed by atoms with Crippen LogP contribution in [0.2, 0.25) is 5.02 Å². The molecule has 0 bridgehead atoms. The van der Waals surface area contributed by atoms with Crippen molar-refractivity contribution >= 4 is 23.2 Å². The van der Waals surface area contributed by atoms with E-state index in [-0.39, 0.29) is 17.5 Å². The number of anilines is 1. The summed E-state index contributed by atoms with van der Waals surface area (Å²) in [7, 11) is 0. The summed E-state index contributed by atoms with van der Waals surface area (Å²) in [6.07, 6.45) is 0.0921. The van der Waals surface area contributed by atoms with Crippen LogP contribution in [0, 0.1) is 12.3 Å². The molecule has 21 heavy (non-hydrogen) atoms. The van der Waals surface area contributed by atoms with Crippen molar-refractivity contribution in [2.24, 2.45) is 5.41 Å². The third-order valence-corrected chi connectivity index (χ3v) is 4.90. The number of morpholine rings is 1. The van der Waals surface area contributed by atoms with E-state index in [1.807, 2.05) is 43.9 Å². The second-order valence-electron chi connectivity index (χ2n) is 6.35. The highest BCUT2D eigenvalue weighted by Crippen LogP contribution is 2.44. The Hall–Kier alpha value is -1.10. The van der Waals surface area contributed by atoms with Gasteiger partial charge in [-0.1, -0.05) is 11.6 Å². The molecule has 0 spiro atoms. The van der Waals surface area contributed by atoms with E-state index in [9.17, 15) is 4.79 Å². The quantitative estimate of drug-likeness (QED) is 0.788. The minimum Gasteiger partial charge on any atom is -0.379 e. The van der Waals surface area contributed by atoms with E-state index in [2.05, 4.69) is 4.90 Å². The molecule has 0 radical (unpaired) electrons. The molecule has 2 aliphatic heterocycles. The van der Waals surface area contributed by atoms with Crippen LogP contribution in [0.4, 0.5) is 5.69 Å². The number of benzene rings is 1. The molecule has 1 aromatic carbocycles. The highest BCUT2D eigenvalue weighted by molar-refractivity contribution is 6.31. The number of ether oxygens (including phenoxy) is 1. The molecular weight excluding hydrogens is 288 g/mol. The van der Waals surface area contributed by atoms with Crippen LogP contribution in [0.15, 0.2) is 18.2 Å². The SMILES string of the molecule is Cc1cc(N2C(=O)C(C)(C)C2N2CCOCC2)ccc1Cl. The lowest BCUT2D eigenvalue weighted by Crippen LogP contribution is -2.74. The summed E-state index contributed by atoms with van der Waals surface area (Å²) in [4.78, 5) is 16.8. The lowest BCUT2D eigenvalue weighted by atomic mass is 9.77. The molecule has 2 aliphatic rings. The Balaban J connectivity index is 1.92. The normalized spacial score (nSPS) is 25.8. The van der Waals surface area contributed by atoms with Gasteiger partial charge in [-0.3, -0.25) is 14.6 Å². The van der Waals surface area contributed by atoms with Crippen LogP contribution >= 0.6 is 11.6 Å². The number of carbonyl (C=O) groups excluding carboxylic acids is 1. The molecule has 0 saturated carbocycles. The maximum atomic E-state index is 12.6. The Morgan fingerprint density at radius 1 is 1.29 bits per heavy atom. The van der Waals surface area contributed by atoms with E-state index in [0.29, 0.717) is 0 Å². The van der Waals surface area contributed by atoms with E-state index in [1.54, 1.807) is 0 Å². The van der Waals surface area contributed by atoms with E-state index in [1.165, 1.54) is 0 Å². The summed E-state index contributed by atoms with van der Waals surface area (Å²) in [5, 5.41) is 0.730. The maximum absolute atomic E-state index is 12.6. The average molecular weight is 309 g/mol. The fourth-order valence-corrected chi connectivity index (χ4v) is 3.39. The molecular formula is C16H21ClN2O2. The predicted molar refractivity (Wildman–Crippen MR) is 83.6 cm³/mol. The van der Waals surface area contributed by atoms with Crippen LogP contribution in [-0.4, -0.2) is 43.3 Å². The molecule has 0 aliphatic carbocycles. The fraction of sp³-hybridized carbons (Fsp3) is 0.562. The van der Waals surface area contributed by atoms with Crippen molar-refractivity contribution in [2.75, 3.05) is 31.2 Å². The molecule has 2 saturated heterocycles. The molecule has 0 N–H and O–H groups in total. The Morgan fingerprint density at radius 3 is 2.57 bits per heavy atom. The first-order valence-electron chi connectivity index (χ1n) is 7.34. The summed E-state index contributed by atoms with van der Waals surface area (Å²) in [5.41, 5.74) is 1.57. The second kappa shape index (κ2) is 5.27. The first-order valence-corrected chi connectivity index (χ1v) is 7.72. The highest BCUT2D eigenvalue weighted by Gasteiger charge is 2.57. The zero-order valence-electron chi connectivity index (χ0n) is 12.7. The van der Waals surface area contributed by atoms with Crippen LogP contribution in [0.3, 0.4) is 0 Å². The fourth-order valence-electron chi connectivity index (χ4n) is 3.27. The van der Waals surface area contributed by atoms with Gasteiger partial charge in [0.05, 0.1) is 18.6 Å². The van der Waals surface area contributed by atoms with Gasteiger partial charge >= 0.3 is 0 Å². The summed E-state index contributed by atoms with van der Waals surface area (Å²) in [6.45, 7) is 9.20. The third kappa shape index (κ3) is 2.35. The van der Waals surface area contributed by atoms with E-state index >= 15 is 0 Å². The van der Waals surface area contributed by atoms with Crippen LogP contribution < -0.4 is 4.90 Å². The van der Waals surface area contributed by atoms with Gasteiger partial charge in [0.15, 0.2) is 0 Å². The first-order chi connectivity index (χ1) is 9.93. The molecule has 0 aromatic heterocycles. The van der Waals surface area contributed by atoms with Gasteiger partial charge in [0.25, 0.3) is 0 Å². The van der Waals surface area contributed by atoms with Crippen molar-refractivity contribution in [2.45, 2.75) is 26.9 Å². The van der Waals surface area contributed by atoms with Crippen LogP contribution in [-0.2, 0) is 9.53 Å². The van der Waals surface area contributed by atoms with Gasteiger partial charge in [-0.25, -0.2) is 0 Å². The van der Waals surface area contributed by atoms with Gasteiger partial charge in [-0.15, -0.1) is 0 Å². The highest BCUT2D eigenvalue weighted by atomic mass is 35.5. The standard InChI is InChI=1S/C16H21ClN2O2/c1-11-10-12(4-5-13(11)17)19-14(16(2,3)15(19)20)18-6-8-21-9-7-18/h4-5,10,14H,6-9H2,1-3H3. The lowest BCUT2D eigenvalue weighted by Gasteiger charge is -2.57. The number of nitrogens with zero attached hydrogens (tertiary/aromatic N) is 2. The Labute approximate surface area is 130 Å². The van der Waals surface area contributed by atoms with E-state index < -0.39 is 0 Å². The van der Waals surface area contributed by atoms with Crippen molar-refractivity contribution in [3.8, 4) is 0 Å².